The molecule has 0 atom stereocenters. The van der Waals surface area contributed by atoms with Crippen molar-refractivity contribution < 1.29 is 62.0 Å². The molecule has 0 N–H and O–H groups in total. The molecule has 13 nitrogen and oxygen atoms in total. The van der Waals surface area contributed by atoms with Crippen LogP contribution in [0, 0.1) is 0 Å². The second kappa shape index (κ2) is 50.6. The Kier molecular flexibility index (Phi) is 41.6. The second-order valence-corrected chi connectivity index (χ2v) is 30.4. The quantitative estimate of drug-likeness (QED) is 0.00971. The van der Waals surface area contributed by atoms with Gasteiger partial charge in [0.1, 0.15) is 23.4 Å². The molecule has 0 spiro atoms. The normalized spacial score (nSPS) is 10.6. The molecule has 0 amide bonds. The minimum Gasteiger partial charge on any atom is -0.463 e. The number of hydrogen-bond acceptors (Lipinski definition) is 16. The SMILES string of the molecule is C=C(C)C(=O)OCCCC(=O)Oc1ccc(C(C)C)cc1.C=CC(=O)OCCCC(=O)Oc1ccc(C(C)C)cc1.CC(C)c1ccc(CC(=O)OC(CSc2ccccc2)CSc2ccccc2)cc1.CC(C)c1ccc(CC(=O)Oc2ccccc2)cc1.CC(C)c1ccc(CC(=O)Sc2ccccc2)cc1. The summed E-state index contributed by atoms with van der Waals surface area (Å²) in [5.74, 6) is 3.54. The summed E-state index contributed by atoms with van der Waals surface area (Å²) in [7, 11) is 0. The zero-order valence-corrected chi connectivity index (χ0v) is 67.3. The molecule has 0 aliphatic carbocycles. The van der Waals surface area contributed by atoms with Crippen LogP contribution in [-0.4, -0.2) is 71.8 Å². The molecular formula is C93H106O13S3. The third-order valence-electron chi connectivity index (χ3n) is 16.2. The number of benzene rings is 9. The molecule has 0 bridgehead atoms. The lowest BCUT2D eigenvalue weighted by Crippen LogP contribution is -2.24. The Morgan fingerprint density at radius 3 is 1.04 bits per heavy atom. The highest BCUT2D eigenvalue weighted by atomic mass is 32.2. The Balaban J connectivity index is 0.000000247. The monoisotopic (exact) mass is 1530 g/mol. The van der Waals surface area contributed by atoms with Crippen molar-refractivity contribution in [3.8, 4) is 17.2 Å². The van der Waals surface area contributed by atoms with E-state index in [4.69, 9.17) is 28.4 Å². The van der Waals surface area contributed by atoms with Gasteiger partial charge in [-0.05, 0) is 167 Å². The van der Waals surface area contributed by atoms with E-state index in [0.29, 0.717) is 84.5 Å². The molecule has 574 valence electrons. The Hall–Kier alpha value is -10.0. The molecule has 0 radical (unpaired) electrons. The third kappa shape index (κ3) is 38.1. The first-order valence-electron chi connectivity index (χ1n) is 36.9. The molecule has 9 rings (SSSR count). The molecule has 0 aliphatic heterocycles. The number of para-hydroxylation sites is 1. The zero-order chi connectivity index (χ0) is 79.3. The smallest absolute Gasteiger partial charge is 0.333 e. The van der Waals surface area contributed by atoms with Crippen LogP contribution in [0.15, 0.2) is 282 Å². The molecule has 9 aromatic carbocycles. The summed E-state index contributed by atoms with van der Waals surface area (Å²) in [5.41, 5.74) is 9.67. The fourth-order valence-electron chi connectivity index (χ4n) is 9.79. The molecule has 109 heavy (non-hydrogen) atoms. The van der Waals surface area contributed by atoms with Crippen LogP contribution in [-0.2, 0) is 67.0 Å². The van der Waals surface area contributed by atoms with Gasteiger partial charge in [0, 0.05) is 57.1 Å². The van der Waals surface area contributed by atoms with Gasteiger partial charge in [0.05, 0.1) is 26.1 Å². The largest absolute Gasteiger partial charge is 0.463 e. The minimum absolute atomic E-state index is 0.150. The minimum atomic E-state index is -0.484. The van der Waals surface area contributed by atoms with Crippen LogP contribution in [0.2, 0.25) is 0 Å². The number of thioether (sulfide) groups is 3. The summed E-state index contributed by atoms with van der Waals surface area (Å²) in [5, 5.41) is 0.184. The van der Waals surface area contributed by atoms with Gasteiger partial charge in [0.15, 0.2) is 5.12 Å². The maximum atomic E-state index is 12.6. The average Bonchev–Trinajstić information content (AvgIpc) is 0.924. The van der Waals surface area contributed by atoms with E-state index in [0.717, 1.165) is 39.2 Å². The highest BCUT2D eigenvalue weighted by molar-refractivity contribution is 8.13. The Labute approximate surface area is 659 Å². The maximum absolute atomic E-state index is 12.6. The van der Waals surface area contributed by atoms with E-state index in [9.17, 15) is 33.6 Å². The van der Waals surface area contributed by atoms with Crippen molar-refractivity contribution in [2.75, 3.05) is 24.7 Å². The predicted molar refractivity (Wildman–Crippen MR) is 444 cm³/mol. The molecule has 0 aromatic heterocycles. The summed E-state index contributed by atoms with van der Waals surface area (Å²) in [6.45, 7) is 30.1. The molecule has 9 aromatic rings. The van der Waals surface area contributed by atoms with E-state index in [1.165, 1.54) is 49.4 Å². The lowest BCUT2D eigenvalue weighted by Gasteiger charge is -2.18. The van der Waals surface area contributed by atoms with Gasteiger partial charge in [-0.15, -0.1) is 23.5 Å². The number of ether oxygens (including phenoxy) is 6. The van der Waals surface area contributed by atoms with Crippen molar-refractivity contribution in [1.29, 1.82) is 0 Å². The van der Waals surface area contributed by atoms with Crippen molar-refractivity contribution in [2.24, 2.45) is 0 Å². The number of hydrogen-bond donors (Lipinski definition) is 0. The number of rotatable bonds is 32. The number of carbonyl (C=O) groups excluding carboxylic acids is 7. The Morgan fingerprint density at radius 1 is 0.367 bits per heavy atom. The molecule has 0 saturated carbocycles. The van der Waals surface area contributed by atoms with Gasteiger partial charge in [-0.3, -0.25) is 24.0 Å². The topological polar surface area (TPSA) is 175 Å². The first-order chi connectivity index (χ1) is 52.3. The summed E-state index contributed by atoms with van der Waals surface area (Å²) >= 11 is 4.76. The van der Waals surface area contributed by atoms with Gasteiger partial charge in [-0.2, -0.15) is 0 Å². The van der Waals surface area contributed by atoms with Crippen LogP contribution < -0.4 is 14.2 Å². The molecule has 0 unspecified atom stereocenters. The fourth-order valence-corrected chi connectivity index (χ4v) is 12.6. The van der Waals surface area contributed by atoms with Crippen molar-refractivity contribution in [2.45, 2.75) is 171 Å². The van der Waals surface area contributed by atoms with Gasteiger partial charge < -0.3 is 28.4 Å². The molecular weight excluding hydrogens is 1420 g/mol. The maximum Gasteiger partial charge on any atom is 0.333 e. The summed E-state index contributed by atoms with van der Waals surface area (Å²) in [4.78, 5) is 84.8. The van der Waals surface area contributed by atoms with E-state index in [1.54, 1.807) is 66.8 Å². The van der Waals surface area contributed by atoms with Crippen molar-refractivity contribution in [3.05, 3.63) is 312 Å². The van der Waals surface area contributed by atoms with E-state index in [1.807, 2.05) is 133 Å². The van der Waals surface area contributed by atoms with Crippen LogP contribution >= 0.6 is 35.3 Å². The summed E-state index contributed by atoms with van der Waals surface area (Å²) < 4.78 is 31.2. The van der Waals surface area contributed by atoms with Gasteiger partial charge >= 0.3 is 35.8 Å². The van der Waals surface area contributed by atoms with E-state index in [2.05, 4.69) is 155 Å². The van der Waals surface area contributed by atoms with E-state index >= 15 is 0 Å². The molecule has 0 saturated heterocycles. The zero-order valence-electron chi connectivity index (χ0n) is 64.9. The van der Waals surface area contributed by atoms with Crippen LogP contribution in [0.4, 0.5) is 0 Å². The summed E-state index contributed by atoms with van der Waals surface area (Å²) in [6.07, 6.45) is 3.31. The fraction of sp³-hybridized carbons (Fsp3) is 0.301. The van der Waals surface area contributed by atoms with Gasteiger partial charge in [-0.25, -0.2) is 9.59 Å². The second-order valence-electron chi connectivity index (χ2n) is 27.0. The Bertz CT molecular complexity index is 4020. The van der Waals surface area contributed by atoms with Crippen LogP contribution in [0.5, 0.6) is 17.2 Å². The van der Waals surface area contributed by atoms with Crippen LogP contribution in [0.25, 0.3) is 0 Å². The van der Waals surface area contributed by atoms with Gasteiger partial charge in [-0.1, -0.05) is 264 Å². The highest BCUT2D eigenvalue weighted by Gasteiger charge is 2.18. The lowest BCUT2D eigenvalue weighted by atomic mass is 10.0. The van der Waals surface area contributed by atoms with E-state index < -0.39 is 11.9 Å². The van der Waals surface area contributed by atoms with Crippen LogP contribution in [0.1, 0.15) is 176 Å². The first-order valence-corrected chi connectivity index (χ1v) is 39.7. The molecule has 0 fully saturated rings. The molecule has 16 heteroatoms. The van der Waals surface area contributed by atoms with E-state index in [-0.39, 0.29) is 61.2 Å². The molecule has 0 aliphatic rings. The van der Waals surface area contributed by atoms with Crippen LogP contribution in [0.3, 0.4) is 0 Å². The average molecular weight is 1530 g/mol. The molecule has 0 heterocycles. The summed E-state index contributed by atoms with van der Waals surface area (Å²) in [6, 6.07) is 79.0. The first kappa shape index (κ1) is 89.6. The van der Waals surface area contributed by atoms with Crippen molar-refractivity contribution >= 4 is 76.2 Å². The van der Waals surface area contributed by atoms with Gasteiger partial charge in [0.2, 0.25) is 0 Å². The lowest BCUT2D eigenvalue weighted by molar-refractivity contribution is -0.146. The third-order valence-corrected chi connectivity index (χ3v) is 19.4. The van der Waals surface area contributed by atoms with Gasteiger partial charge in [0.25, 0.3) is 0 Å². The predicted octanol–water partition coefficient (Wildman–Crippen LogP) is 22.3. The van der Waals surface area contributed by atoms with Crippen molar-refractivity contribution in [3.63, 3.8) is 0 Å². The standard InChI is InChI=1S/C26H28O2S2.C17H22O4.C17H18O2.C17H18OS.C16H20O4/c1-20(2)22-15-13-21(14-16-22)17-26(27)28-23(18-29-24-9-5-3-6-10-24)19-30-25-11-7-4-8-12-25;1-12(2)14-7-9-15(10-8-14)21-16(18)6-5-11-20-17(19)13(3)4;2*1-13(2)15-10-8-14(9-11-15)12-17(18)19-16-6-4-3-5-7-16;1-4-15(17)19-11-5-6-16(18)20-14-9-7-13(8-10-14)12(2)3/h3-16,20,23H,17-19H2,1-2H3;7-10,12H,3,5-6,11H2,1-2,4H3;2*3-11,13H,12H2,1-2H3;4,7-10,12H,1,5-6,11H2,2-3H3. The van der Waals surface area contributed by atoms with Crippen molar-refractivity contribution in [1.82, 2.24) is 0 Å². The number of carbonyl (C=O) groups is 7. The Morgan fingerprint density at radius 2 is 0.679 bits per heavy atom. The number of esters is 6. The highest BCUT2D eigenvalue weighted by Crippen LogP contribution is 2.27.